The maximum absolute atomic E-state index is 11.7. The van der Waals surface area contributed by atoms with Crippen LogP contribution in [-0.2, 0) is 16.0 Å². The summed E-state index contributed by atoms with van der Waals surface area (Å²) in [5.74, 6) is 0.167. The maximum atomic E-state index is 11.7. The standard InChI is InChI=1S/C22H34N4O2S/c1-3-19-4-6-20(7-5-19)23-22(29)26(13-12-24-14-16-28-17-15-24)21-8-10-25(11-9-21)18(2)27/h4-7,21H,3,8-17H2,1-2H3,(H,23,29). The Morgan fingerprint density at radius 1 is 1.17 bits per heavy atom. The Morgan fingerprint density at radius 2 is 1.83 bits per heavy atom. The molecule has 0 saturated carbocycles. The molecule has 0 spiro atoms. The van der Waals surface area contributed by atoms with E-state index in [1.807, 2.05) is 4.90 Å². The number of piperidine rings is 1. The van der Waals surface area contributed by atoms with Crippen molar-refractivity contribution in [2.45, 2.75) is 39.2 Å². The van der Waals surface area contributed by atoms with Gasteiger partial charge >= 0.3 is 0 Å². The Morgan fingerprint density at radius 3 is 2.41 bits per heavy atom. The van der Waals surface area contributed by atoms with Crippen molar-refractivity contribution in [2.24, 2.45) is 0 Å². The van der Waals surface area contributed by atoms with Gasteiger partial charge in [-0.15, -0.1) is 0 Å². The highest BCUT2D eigenvalue weighted by Crippen LogP contribution is 2.19. The number of hydrogen-bond acceptors (Lipinski definition) is 4. The molecule has 3 rings (SSSR count). The minimum absolute atomic E-state index is 0.167. The molecular weight excluding hydrogens is 384 g/mol. The molecule has 0 bridgehead atoms. The Balaban J connectivity index is 1.63. The molecule has 2 aliphatic heterocycles. The zero-order valence-electron chi connectivity index (χ0n) is 17.7. The van der Waals surface area contributed by atoms with Gasteiger partial charge < -0.3 is 19.9 Å². The first-order valence-corrected chi connectivity index (χ1v) is 11.2. The van der Waals surface area contributed by atoms with Crippen molar-refractivity contribution < 1.29 is 9.53 Å². The van der Waals surface area contributed by atoms with E-state index >= 15 is 0 Å². The summed E-state index contributed by atoms with van der Waals surface area (Å²) in [5.41, 5.74) is 2.35. The van der Waals surface area contributed by atoms with E-state index in [1.165, 1.54) is 5.56 Å². The van der Waals surface area contributed by atoms with Gasteiger partial charge in [-0.2, -0.15) is 0 Å². The highest BCUT2D eigenvalue weighted by Gasteiger charge is 2.27. The fraction of sp³-hybridized carbons (Fsp3) is 0.636. The summed E-state index contributed by atoms with van der Waals surface area (Å²) in [6, 6.07) is 8.86. The van der Waals surface area contributed by atoms with Gasteiger partial charge in [0.1, 0.15) is 0 Å². The molecule has 0 radical (unpaired) electrons. The number of morpholine rings is 1. The third-order valence-corrected chi connectivity index (χ3v) is 6.32. The highest BCUT2D eigenvalue weighted by atomic mass is 32.1. The average molecular weight is 419 g/mol. The van der Waals surface area contributed by atoms with Crippen molar-refractivity contribution in [3.8, 4) is 0 Å². The van der Waals surface area contributed by atoms with Crippen LogP contribution < -0.4 is 5.32 Å². The van der Waals surface area contributed by atoms with E-state index in [0.717, 1.165) is 82.5 Å². The predicted molar refractivity (Wildman–Crippen MR) is 121 cm³/mol. The molecule has 1 N–H and O–H groups in total. The number of rotatable bonds is 6. The van der Waals surface area contributed by atoms with Crippen LogP contribution in [0.5, 0.6) is 0 Å². The predicted octanol–water partition coefficient (Wildman–Crippen LogP) is 2.59. The van der Waals surface area contributed by atoms with Crippen LogP contribution in [-0.4, -0.2) is 84.2 Å². The molecule has 29 heavy (non-hydrogen) atoms. The molecule has 1 amide bonds. The normalized spacial score (nSPS) is 18.5. The van der Waals surface area contributed by atoms with Crippen LogP contribution >= 0.6 is 12.2 Å². The van der Waals surface area contributed by atoms with E-state index in [2.05, 4.69) is 46.3 Å². The highest BCUT2D eigenvalue weighted by molar-refractivity contribution is 7.80. The number of hydrogen-bond donors (Lipinski definition) is 1. The van der Waals surface area contributed by atoms with Crippen LogP contribution in [0.15, 0.2) is 24.3 Å². The molecular formula is C22H34N4O2S. The van der Waals surface area contributed by atoms with E-state index in [1.54, 1.807) is 6.92 Å². The second-order valence-electron chi connectivity index (χ2n) is 7.87. The van der Waals surface area contributed by atoms with Gasteiger partial charge in [0, 0.05) is 57.9 Å². The number of aryl methyl sites for hydroxylation is 1. The SMILES string of the molecule is CCc1ccc(NC(=S)N(CCN2CCOCC2)C2CCN(C(C)=O)CC2)cc1. The monoisotopic (exact) mass is 418 g/mol. The van der Waals surface area contributed by atoms with Crippen molar-refractivity contribution >= 4 is 28.9 Å². The second kappa shape index (κ2) is 10.9. The van der Waals surface area contributed by atoms with Crippen molar-refractivity contribution in [1.82, 2.24) is 14.7 Å². The Labute approximate surface area is 180 Å². The number of nitrogens with one attached hydrogen (secondary N) is 1. The molecule has 6 nitrogen and oxygen atoms in total. The summed E-state index contributed by atoms with van der Waals surface area (Å²) in [6.07, 6.45) is 2.95. The van der Waals surface area contributed by atoms with Crippen LogP contribution in [0.2, 0.25) is 0 Å². The zero-order valence-corrected chi connectivity index (χ0v) is 18.5. The fourth-order valence-corrected chi connectivity index (χ4v) is 4.39. The smallest absolute Gasteiger partial charge is 0.219 e. The topological polar surface area (TPSA) is 48.0 Å². The summed E-state index contributed by atoms with van der Waals surface area (Å²) in [7, 11) is 0. The molecule has 0 unspecified atom stereocenters. The van der Waals surface area contributed by atoms with Gasteiger partial charge in [0.15, 0.2) is 5.11 Å². The Hall–Kier alpha value is -1.70. The van der Waals surface area contributed by atoms with E-state index in [9.17, 15) is 4.79 Å². The zero-order chi connectivity index (χ0) is 20.6. The molecule has 0 aliphatic carbocycles. The molecule has 1 aromatic carbocycles. The minimum atomic E-state index is 0.167. The van der Waals surface area contributed by atoms with Gasteiger partial charge in [-0.3, -0.25) is 9.69 Å². The molecule has 0 atom stereocenters. The number of amides is 1. The molecule has 2 aliphatic rings. The van der Waals surface area contributed by atoms with Gasteiger partial charge in [0.05, 0.1) is 13.2 Å². The minimum Gasteiger partial charge on any atom is -0.379 e. The third kappa shape index (κ3) is 6.39. The van der Waals surface area contributed by atoms with Crippen LogP contribution in [0.25, 0.3) is 0 Å². The third-order valence-electron chi connectivity index (χ3n) is 5.99. The number of benzene rings is 1. The van der Waals surface area contributed by atoms with Crippen molar-refractivity contribution in [3.05, 3.63) is 29.8 Å². The molecule has 7 heteroatoms. The summed E-state index contributed by atoms with van der Waals surface area (Å²) < 4.78 is 5.47. The lowest BCUT2D eigenvalue weighted by atomic mass is 10.0. The van der Waals surface area contributed by atoms with E-state index in [-0.39, 0.29) is 5.91 Å². The van der Waals surface area contributed by atoms with E-state index in [4.69, 9.17) is 17.0 Å². The number of likely N-dealkylation sites (tertiary alicyclic amines) is 1. The number of anilines is 1. The second-order valence-corrected chi connectivity index (χ2v) is 8.25. The molecule has 160 valence electrons. The summed E-state index contributed by atoms with van der Waals surface area (Å²) in [4.78, 5) is 18.4. The maximum Gasteiger partial charge on any atom is 0.219 e. The van der Waals surface area contributed by atoms with Crippen LogP contribution in [0.1, 0.15) is 32.3 Å². The van der Waals surface area contributed by atoms with Crippen molar-refractivity contribution in [1.29, 1.82) is 0 Å². The average Bonchev–Trinajstić information content (AvgIpc) is 2.75. The van der Waals surface area contributed by atoms with Crippen LogP contribution in [0, 0.1) is 0 Å². The molecule has 2 heterocycles. The summed E-state index contributed by atoms with van der Waals surface area (Å²) in [6.45, 7) is 10.9. The Bertz CT molecular complexity index is 668. The first-order chi connectivity index (χ1) is 14.1. The first-order valence-electron chi connectivity index (χ1n) is 10.8. The summed E-state index contributed by atoms with van der Waals surface area (Å²) in [5, 5.41) is 4.23. The fourth-order valence-electron chi connectivity index (χ4n) is 4.04. The van der Waals surface area contributed by atoms with Gasteiger partial charge in [-0.25, -0.2) is 0 Å². The summed E-state index contributed by atoms with van der Waals surface area (Å²) >= 11 is 5.84. The van der Waals surface area contributed by atoms with Crippen molar-refractivity contribution in [2.75, 3.05) is 57.8 Å². The van der Waals surface area contributed by atoms with Gasteiger partial charge in [0.2, 0.25) is 5.91 Å². The lowest BCUT2D eigenvalue weighted by Crippen LogP contribution is -2.52. The number of ether oxygens (including phenoxy) is 1. The lowest BCUT2D eigenvalue weighted by Gasteiger charge is -2.40. The molecule has 1 aromatic rings. The molecule has 0 aromatic heterocycles. The van der Waals surface area contributed by atoms with Crippen molar-refractivity contribution in [3.63, 3.8) is 0 Å². The quantitative estimate of drug-likeness (QED) is 0.717. The van der Waals surface area contributed by atoms with E-state index < -0.39 is 0 Å². The lowest BCUT2D eigenvalue weighted by molar-refractivity contribution is -0.130. The van der Waals surface area contributed by atoms with Gasteiger partial charge in [-0.1, -0.05) is 19.1 Å². The number of nitrogens with zero attached hydrogens (tertiary/aromatic N) is 3. The number of carbonyl (C=O) groups is 1. The van der Waals surface area contributed by atoms with Crippen LogP contribution in [0.4, 0.5) is 5.69 Å². The van der Waals surface area contributed by atoms with Crippen LogP contribution in [0.3, 0.4) is 0 Å². The molecule has 2 saturated heterocycles. The number of thiocarbonyl (C=S) groups is 1. The largest absolute Gasteiger partial charge is 0.379 e. The molecule has 2 fully saturated rings. The van der Waals surface area contributed by atoms with E-state index in [0.29, 0.717) is 6.04 Å². The number of carbonyl (C=O) groups excluding carboxylic acids is 1. The van der Waals surface area contributed by atoms with Gasteiger partial charge in [-0.05, 0) is 49.2 Å². The first kappa shape index (κ1) is 22.0. The van der Waals surface area contributed by atoms with Gasteiger partial charge in [0.25, 0.3) is 0 Å². The Kier molecular flexibility index (Phi) is 8.27.